The molecular formula is C23H30N2O3. The molecule has 1 fully saturated rings. The minimum atomic E-state index is -0.156. The van der Waals surface area contributed by atoms with Gasteiger partial charge in [0.05, 0.1) is 12.8 Å². The van der Waals surface area contributed by atoms with Gasteiger partial charge in [-0.25, -0.2) is 0 Å². The molecule has 2 amide bonds. The third-order valence-corrected chi connectivity index (χ3v) is 5.42. The topological polar surface area (TPSA) is 71.3 Å². The van der Waals surface area contributed by atoms with E-state index in [-0.39, 0.29) is 11.8 Å². The number of benzene rings is 1. The second-order valence-corrected chi connectivity index (χ2v) is 7.64. The van der Waals surface area contributed by atoms with Crippen LogP contribution in [0, 0.1) is 5.92 Å². The summed E-state index contributed by atoms with van der Waals surface area (Å²) in [6.45, 7) is 0.801. The summed E-state index contributed by atoms with van der Waals surface area (Å²) in [5, 5.41) is 5.80. The highest BCUT2D eigenvalue weighted by atomic mass is 16.3. The van der Waals surface area contributed by atoms with Crippen molar-refractivity contribution in [1.29, 1.82) is 0 Å². The Morgan fingerprint density at radius 2 is 1.86 bits per heavy atom. The summed E-state index contributed by atoms with van der Waals surface area (Å²) in [4.78, 5) is 24.4. The lowest BCUT2D eigenvalue weighted by Crippen LogP contribution is -2.24. The van der Waals surface area contributed by atoms with Crippen LogP contribution in [0.15, 0.2) is 47.1 Å². The molecule has 0 spiro atoms. The van der Waals surface area contributed by atoms with Crippen LogP contribution in [-0.2, 0) is 17.9 Å². The van der Waals surface area contributed by atoms with Gasteiger partial charge in [-0.3, -0.25) is 9.59 Å². The molecule has 3 rings (SSSR count). The van der Waals surface area contributed by atoms with Crippen LogP contribution in [0.1, 0.15) is 73.0 Å². The zero-order valence-corrected chi connectivity index (χ0v) is 16.4. The number of amides is 2. The largest absolute Gasteiger partial charge is 0.467 e. The molecule has 0 aliphatic heterocycles. The number of carbonyl (C=O) groups excluding carboxylic acids is 2. The molecule has 2 N–H and O–H groups in total. The van der Waals surface area contributed by atoms with Gasteiger partial charge in [-0.05, 0) is 48.6 Å². The Morgan fingerprint density at radius 3 is 2.64 bits per heavy atom. The van der Waals surface area contributed by atoms with Crippen LogP contribution in [0.25, 0.3) is 0 Å². The summed E-state index contributed by atoms with van der Waals surface area (Å²) in [6.07, 6.45) is 11.0. The number of nitrogens with one attached hydrogen (secondary N) is 2. The number of rotatable bonds is 9. The second-order valence-electron chi connectivity index (χ2n) is 7.64. The molecule has 0 saturated heterocycles. The van der Waals surface area contributed by atoms with Crippen LogP contribution in [0.4, 0.5) is 0 Å². The maximum atomic E-state index is 12.3. The molecule has 150 valence electrons. The summed E-state index contributed by atoms with van der Waals surface area (Å²) in [6, 6.07) is 11.0. The van der Waals surface area contributed by atoms with Crippen LogP contribution in [-0.4, -0.2) is 11.8 Å². The number of hydrogen-bond donors (Lipinski definition) is 2. The average Bonchev–Trinajstić information content (AvgIpc) is 3.25. The first-order valence-electron chi connectivity index (χ1n) is 10.4. The van der Waals surface area contributed by atoms with Crippen molar-refractivity contribution in [2.75, 3.05) is 0 Å². The molecule has 0 unspecified atom stereocenters. The van der Waals surface area contributed by atoms with Crippen molar-refractivity contribution < 1.29 is 14.0 Å². The summed E-state index contributed by atoms with van der Waals surface area (Å²) in [7, 11) is 0. The monoisotopic (exact) mass is 382 g/mol. The van der Waals surface area contributed by atoms with Gasteiger partial charge in [-0.2, -0.15) is 0 Å². The highest BCUT2D eigenvalue weighted by molar-refractivity contribution is 5.94. The third kappa shape index (κ3) is 6.55. The maximum Gasteiger partial charge on any atom is 0.251 e. The first kappa shape index (κ1) is 20.2. The zero-order chi connectivity index (χ0) is 19.6. The maximum absolute atomic E-state index is 12.3. The lowest BCUT2D eigenvalue weighted by atomic mass is 9.86. The van der Waals surface area contributed by atoms with E-state index in [1.807, 2.05) is 24.3 Å². The van der Waals surface area contributed by atoms with Gasteiger partial charge in [0, 0.05) is 18.5 Å². The van der Waals surface area contributed by atoms with E-state index in [4.69, 9.17) is 4.42 Å². The van der Waals surface area contributed by atoms with E-state index in [1.165, 1.54) is 38.5 Å². The van der Waals surface area contributed by atoms with E-state index in [0.717, 1.165) is 17.9 Å². The first-order chi connectivity index (χ1) is 13.7. The molecule has 5 nitrogen and oxygen atoms in total. The fourth-order valence-electron chi connectivity index (χ4n) is 3.82. The van der Waals surface area contributed by atoms with Gasteiger partial charge in [0.15, 0.2) is 0 Å². The van der Waals surface area contributed by atoms with Gasteiger partial charge in [0.1, 0.15) is 5.76 Å². The summed E-state index contributed by atoms with van der Waals surface area (Å²) >= 11 is 0. The predicted molar refractivity (Wildman–Crippen MR) is 109 cm³/mol. The molecule has 1 aromatic heterocycles. The number of hydrogen-bond acceptors (Lipinski definition) is 3. The van der Waals surface area contributed by atoms with E-state index in [0.29, 0.717) is 30.8 Å². The van der Waals surface area contributed by atoms with Crippen molar-refractivity contribution in [3.8, 4) is 0 Å². The molecular weight excluding hydrogens is 352 g/mol. The van der Waals surface area contributed by atoms with Gasteiger partial charge >= 0.3 is 0 Å². The van der Waals surface area contributed by atoms with Gasteiger partial charge in [0.25, 0.3) is 5.91 Å². The quantitative estimate of drug-likeness (QED) is 0.667. The predicted octanol–water partition coefficient (Wildman–Crippen LogP) is 4.58. The standard InChI is InChI=1S/C23H30N2O3/c26-22(13-5-9-18-7-2-1-3-8-18)24-16-19-10-4-11-20(15-19)23(27)25-17-21-12-6-14-28-21/h4,6,10-12,14-15,18H,1-3,5,7-9,13,16-17H2,(H,24,26)(H,25,27). The Hall–Kier alpha value is -2.56. The van der Waals surface area contributed by atoms with E-state index in [2.05, 4.69) is 10.6 Å². The number of carbonyl (C=O) groups is 2. The lowest BCUT2D eigenvalue weighted by molar-refractivity contribution is -0.121. The molecule has 1 heterocycles. The van der Waals surface area contributed by atoms with Gasteiger partial charge in [0.2, 0.25) is 5.91 Å². The molecule has 0 atom stereocenters. The highest BCUT2D eigenvalue weighted by Gasteiger charge is 2.13. The van der Waals surface area contributed by atoms with Crippen molar-refractivity contribution in [3.63, 3.8) is 0 Å². The van der Waals surface area contributed by atoms with Crippen molar-refractivity contribution >= 4 is 11.8 Å². The zero-order valence-electron chi connectivity index (χ0n) is 16.4. The van der Waals surface area contributed by atoms with Crippen LogP contribution in [0.5, 0.6) is 0 Å². The minimum absolute atomic E-state index is 0.0866. The fraction of sp³-hybridized carbons (Fsp3) is 0.478. The Bertz CT molecular complexity index is 749. The van der Waals surface area contributed by atoms with Crippen molar-refractivity contribution in [1.82, 2.24) is 10.6 Å². The van der Waals surface area contributed by atoms with Crippen molar-refractivity contribution in [2.45, 2.75) is 64.5 Å². The average molecular weight is 383 g/mol. The molecule has 5 heteroatoms. The Kier molecular flexibility index (Phi) is 7.71. The van der Waals surface area contributed by atoms with Crippen LogP contribution in [0.3, 0.4) is 0 Å². The smallest absolute Gasteiger partial charge is 0.251 e. The Morgan fingerprint density at radius 1 is 1.00 bits per heavy atom. The fourth-order valence-corrected chi connectivity index (χ4v) is 3.82. The molecule has 28 heavy (non-hydrogen) atoms. The Labute approximate surface area is 166 Å². The van der Waals surface area contributed by atoms with Crippen LogP contribution < -0.4 is 10.6 Å². The van der Waals surface area contributed by atoms with Crippen LogP contribution >= 0.6 is 0 Å². The van der Waals surface area contributed by atoms with Gasteiger partial charge < -0.3 is 15.1 Å². The van der Waals surface area contributed by atoms with E-state index >= 15 is 0 Å². The summed E-state index contributed by atoms with van der Waals surface area (Å²) < 4.78 is 5.22. The minimum Gasteiger partial charge on any atom is -0.467 e. The molecule has 2 aromatic rings. The normalized spacial score (nSPS) is 14.6. The van der Waals surface area contributed by atoms with E-state index in [1.54, 1.807) is 18.4 Å². The van der Waals surface area contributed by atoms with Crippen molar-refractivity contribution in [2.24, 2.45) is 5.92 Å². The van der Waals surface area contributed by atoms with E-state index in [9.17, 15) is 9.59 Å². The highest BCUT2D eigenvalue weighted by Crippen LogP contribution is 2.27. The SMILES string of the molecule is O=C(CCCC1CCCCC1)NCc1cccc(C(=O)NCc2ccco2)c1. The number of furan rings is 1. The summed E-state index contributed by atoms with van der Waals surface area (Å²) in [5.74, 6) is 1.46. The Balaban J connectivity index is 1.38. The van der Waals surface area contributed by atoms with Gasteiger partial charge in [-0.15, -0.1) is 0 Å². The third-order valence-electron chi connectivity index (χ3n) is 5.42. The van der Waals surface area contributed by atoms with Crippen LogP contribution in [0.2, 0.25) is 0 Å². The van der Waals surface area contributed by atoms with Crippen molar-refractivity contribution in [3.05, 3.63) is 59.5 Å². The molecule has 0 bridgehead atoms. The van der Waals surface area contributed by atoms with Gasteiger partial charge in [-0.1, -0.05) is 44.2 Å². The van der Waals surface area contributed by atoms with E-state index < -0.39 is 0 Å². The second kappa shape index (κ2) is 10.7. The molecule has 1 aliphatic rings. The molecule has 0 radical (unpaired) electrons. The lowest BCUT2D eigenvalue weighted by Gasteiger charge is -2.21. The molecule has 1 aromatic carbocycles. The first-order valence-corrected chi connectivity index (χ1v) is 10.4. The molecule has 1 saturated carbocycles. The summed E-state index contributed by atoms with van der Waals surface area (Å²) in [5.41, 5.74) is 1.50. The molecule has 1 aliphatic carbocycles.